The highest BCUT2D eigenvalue weighted by Crippen LogP contribution is 2.19. The fourth-order valence-electron chi connectivity index (χ4n) is 2.88. The Hall–Kier alpha value is -0.640. The van der Waals surface area contributed by atoms with E-state index in [2.05, 4.69) is 24.1 Å². The van der Waals surface area contributed by atoms with E-state index in [1.54, 1.807) is 6.07 Å². The average Bonchev–Trinajstić information content (AvgIpc) is 2.90. The summed E-state index contributed by atoms with van der Waals surface area (Å²) >= 11 is 6.04. The molecule has 0 saturated carbocycles. The predicted molar refractivity (Wildman–Crippen MR) is 82.5 cm³/mol. The van der Waals surface area contributed by atoms with Gasteiger partial charge in [0.15, 0.2) is 0 Å². The molecule has 4 heteroatoms. The van der Waals surface area contributed by atoms with Crippen LogP contribution in [0.15, 0.2) is 18.2 Å². The van der Waals surface area contributed by atoms with Crippen LogP contribution in [0.2, 0.25) is 5.02 Å². The molecule has 20 heavy (non-hydrogen) atoms. The molecule has 1 fully saturated rings. The molecule has 2 rings (SSSR count). The van der Waals surface area contributed by atoms with Crippen LogP contribution in [0, 0.1) is 11.7 Å². The predicted octanol–water partition coefficient (Wildman–Crippen LogP) is 3.69. The van der Waals surface area contributed by atoms with Gasteiger partial charge < -0.3 is 5.32 Å². The highest BCUT2D eigenvalue weighted by Gasteiger charge is 2.24. The normalized spacial score (nSPS) is 17.9. The fraction of sp³-hybridized carbons (Fsp3) is 0.625. The Bertz CT molecular complexity index is 430. The molecule has 0 aliphatic carbocycles. The van der Waals surface area contributed by atoms with Gasteiger partial charge in [-0.15, -0.1) is 0 Å². The number of nitrogens with one attached hydrogen (secondary N) is 1. The van der Waals surface area contributed by atoms with Gasteiger partial charge in [0.1, 0.15) is 5.82 Å². The van der Waals surface area contributed by atoms with Gasteiger partial charge in [-0.05, 0) is 49.5 Å². The lowest BCUT2D eigenvalue weighted by molar-refractivity contribution is 0.186. The minimum absolute atomic E-state index is 0.282. The van der Waals surface area contributed by atoms with Gasteiger partial charge in [-0.1, -0.05) is 31.5 Å². The first-order valence-electron chi connectivity index (χ1n) is 7.46. The number of hydrogen-bond donors (Lipinski definition) is 1. The van der Waals surface area contributed by atoms with Gasteiger partial charge in [0.2, 0.25) is 0 Å². The zero-order chi connectivity index (χ0) is 14.5. The van der Waals surface area contributed by atoms with Crippen LogP contribution in [0.25, 0.3) is 0 Å². The van der Waals surface area contributed by atoms with Gasteiger partial charge in [-0.25, -0.2) is 4.39 Å². The van der Waals surface area contributed by atoms with Crippen LogP contribution in [0.4, 0.5) is 4.39 Å². The molecule has 1 aliphatic heterocycles. The highest BCUT2D eigenvalue weighted by atomic mass is 35.5. The first kappa shape index (κ1) is 15.7. The van der Waals surface area contributed by atoms with E-state index in [1.165, 1.54) is 38.1 Å². The van der Waals surface area contributed by atoms with E-state index in [0.29, 0.717) is 23.5 Å². The van der Waals surface area contributed by atoms with Crippen molar-refractivity contribution in [3.63, 3.8) is 0 Å². The molecule has 0 aromatic heterocycles. The lowest BCUT2D eigenvalue weighted by Gasteiger charge is -2.31. The topological polar surface area (TPSA) is 15.3 Å². The molecule has 1 aromatic carbocycles. The molecule has 0 radical (unpaired) electrons. The van der Waals surface area contributed by atoms with E-state index in [-0.39, 0.29) is 5.82 Å². The number of halogens is 2. The van der Waals surface area contributed by atoms with Crippen molar-refractivity contribution in [3.05, 3.63) is 34.6 Å². The Morgan fingerprint density at radius 1 is 1.30 bits per heavy atom. The van der Waals surface area contributed by atoms with Crippen molar-refractivity contribution in [2.75, 3.05) is 19.6 Å². The molecule has 1 saturated heterocycles. The zero-order valence-electron chi connectivity index (χ0n) is 12.3. The summed E-state index contributed by atoms with van der Waals surface area (Å²) in [7, 11) is 0. The van der Waals surface area contributed by atoms with E-state index >= 15 is 0 Å². The number of hydrogen-bond acceptors (Lipinski definition) is 2. The number of nitrogens with zero attached hydrogens (tertiary/aromatic N) is 1. The van der Waals surface area contributed by atoms with Gasteiger partial charge in [0.05, 0.1) is 0 Å². The Kier molecular flexibility index (Phi) is 5.82. The molecule has 1 aliphatic rings. The van der Waals surface area contributed by atoms with Crippen LogP contribution in [-0.2, 0) is 6.54 Å². The summed E-state index contributed by atoms with van der Waals surface area (Å²) in [5.41, 5.74) is 0.956. The Morgan fingerprint density at radius 3 is 2.60 bits per heavy atom. The second-order valence-electron chi connectivity index (χ2n) is 5.92. The summed E-state index contributed by atoms with van der Waals surface area (Å²) < 4.78 is 13.0. The maximum Gasteiger partial charge on any atom is 0.124 e. The van der Waals surface area contributed by atoms with Crippen LogP contribution < -0.4 is 5.32 Å². The van der Waals surface area contributed by atoms with Crippen molar-refractivity contribution in [2.45, 2.75) is 39.3 Å². The SMILES string of the molecule is CC(C)C(CNCc1ccc(F)cc1Cl)N1CCCC1. The maximum atomic E-state index is 13.0. The first-order valence-corrected chi connectivity index (χ1v) is 7.84. The molecule has 0 amide bonds. The summed E-state index contributed by atoms with van der Waals surface area (Å²) in [6.07, 6.45) is 2.63. The minimum Gasteiger partial charge on any atom is -0.311 e. The van der Waals surface area contributed by atoms with E-state index in [1.807, 2.05) is 0 Å². The van der Waals surface area contributed by atoms with Gasteiger partial charge in [0, 0.05) is 24.2 Å². The van der Waals surface area contributed by atoms with E-state index in [4.69, 9.17) is 11.6 Å². The molecule has 0 bridgehead atoms. The van der Waals surface area contributed by atoms with Crippen LogP contribution in [0.5, 0.6) is 0 Å². The lowest BCUT2D eigenvalue weighted by Crippen LogP contribution is -2.44. The third-order valence-electron chi connectivity index (χ3n) is 4.06. The molecule has 1 heterocycles. The van der Waals surface area contributed by atoms with E-state index < -0.39 is 0 Å². The zero-order valence-corrected chi connectivity index (χ0v) is 13.1. The molecular formula is C16H24ClFN2. The fourth-order valence-corrected chi connectivity index (χ4v) is 3.11. The van der Waals surface area contributed by atoms with E-state index in [0.717, 1.165) is 12.1 Å². The third-order valence-corrected chi connectivity index (χ3v) is 4.42. The van der Waals surface area contributed by atoms with Crippen molar-refractivity contribution < 1.29 is 4.39 Å². The van der Waals surface area contributed by atoms with Crippen LogP contribution in [-0.4, -0.2) is 30.6 Å². The molecular weight excluding hydrogens is 275 g/mol. The van der Waals surface area contributed by atoms with Crippen molar-refractivity contribution in [2.24, 2.45) is 5.92 Å². The Labute approximate surface area is 126 Å². The summed E-state index contributed by atoms with van der Waals surface area (Å²) in [5, 5.41) is 3.97. The Morgan fingerprint density at radius 2 is 2.00 bits per heavy atom. The molecule has 1 N–H and O–H groups in total. The molecule has 1 aromatic rings. The van der Waals surface area contributed by atoms with Crippen molar-refractivity contribution in [1.82, 2.24) is 10.2 Å². The second-order valence-corrected chi connectivity index (χ2v) is 6.33. The lowest BCUT2D eigenvalue weighted by atomic mass is 10.0. The summed E-state index contributed by atoms with van der Waals surface area (Å²) in [5.74, 6) is 0.347. The molecule has 1 atom stereocenters. The first-order chi connectivity index (χ1) is 9.58. The summed E-state index contributed by atoms with van der Waals surface area (Å²) in [6.45, 7) is 8.61. The number of likely N-dealkylation sites (tertiary alicyclic amines) is 1. The third kappa shape index (κ3) is 4.18. The second kappa shape index (κ2) is 7.39. The molecule has 112 valence electrons. The molecule has 1 unspecified atom stereocenters. The summed E-state index contributed by atoms with van der Waals surface area (Å²) in [6, 6.07) is 5.16. The maximum absolute atomic E-state index is 13.0. The van der Waals surface area contributed by atoms with Crippen LogP contribution in [0.1, 0.15) is 32.3 Å². The van der Waals surface area contributed by atoms with Crippen molar-refractivity contribution in [1.29, 1.82) is 0 Å². The summed E-state index contributed by atoms with van der Waals surface area (Å²) in [4.78, 5) is 2.57. The standard InChI is InChI=1S/C16H24ClFN2/c1-12(2)16(20-7-3-4-8-20)11-19-10-13-5-6-14(18)9-15(13)17/h5-6,9,12,16,19H,3-4,7-8,10-11H2,1-2H3. The quantitative estimate of drug-likeness (QED) is 0.862. The Balaban J connectivity index is 1.86. The minimum atomic E-state index is -0.282. The highest BCUT2D eigenvalue weighted by molar-refractivity contribution is 6.31. The monoisotopic (exact) mass is 298 g/mol. The van der Waals surface area contributed by atoms with Crippen molar-refractivity contribution in [3.8, 4) is 0 Å². The van der Waals surface area contributed by atoms with Crippen molar-refractivity contribution >= 4 is 11.6 Å². The number of rotatable bonds is 6. The van der Waals surface area contributed by atoms with Gasteiger partial charge in [-0.3, -0.25) is 4.90 Å². The van der Waals surface area contributed by atoms with Gasteiger partial charge >= 0.3 is 0 Å². The van der Waals surface area contributed by atoms with Gasteiger partial charge in [0.25, 0.3) is 0 Å². The smallest absolute Gasteiger partial charge is 0.124 e. The molecule has 0 spiro atoms. The van der Waals surface area contributed by atoms with Crippen LogP contribution in [0.3, 0.4) is 0 Å². The van der Waals surface area contributed by atoms with E-state index in [9.17, 15) is 4.39 Å². The number of benzene rings is 1. The van der Waals surface area contributed by atoms with Crippen LogP contribution >= 0.6 is 11.6 Å². The average molecular weight is 299 g/mol. The largest absolute Gasteiger partial charge is 0.311 e. The van der Waals surface area contributed by atoms with Gasteiger partial charge in [-0.2, -0.15) is 0 Å². The molecule has 2 nitrogen and oxygen atoms in total.